The molecule has 1 aromatic heterocycles. The van der Waals surface area contributed by atoms with Crippen LogP contribution >= 0.6 is 0 Å². The Labute approximate surface area is 104 Å². The number of nitrogens with zero attached hydrogens (tertiary/aromatic N) is 2. The molecule has 0 saturated heterocycles. The second-order valence-electron chi connectivity index (χ2n) is 5.18. The lowest BCUT2D eigenvalue weighted by Gasteiger charge is -2.21. The lowest BCUT2D eigenvalue weighted by atomic mass is 9.93. The molecule has 0 bridgehead atoms. The Morgan fingerprint density at radius 2 is 2.06 bits per heavy atom. The molecule has 1 aliphatic rings. The third kappa shape index (κ3) is 3.09. The van der Waals surface area contributed by atoms with E-state index in [2.05, 4.69) is 16.5 Å². The van der Waals surface area contributed by atoms with E-state index in [0.29, 0.717) is 5.92 Å². The highest BCUT2D eigenvalue weighted by Gasteiger charge is 2.25. The fourth-order valence-electron chi connectivity index (χ4n) is 2.85. The van der Waals surface area contributed by atoms with E-state index >= 15 is 0 Å². The zero-order valence-corrected chi connectivity index (χ0v) is 10.8. The quantitative estimate of drug-likeness (QED) is 0.815. The van der Waals surface area contributed by atoms with E-state index in [1.54, 1.807) is 0 Å². The van der Waals surface area contributed by atoms with E-state index in [1.165, 1.54) is 25.7 Å². The number of aromatic nitrogens is 2. The van der Waals surface area contributed by atoms with Gasteiger partial charge < -0.3 is 9.67 Å². The minimum Gasteiger partial charge on any atom is -0.385 e. The molecule has 1 heterocycles. The molecular formula is C14H24N2O. The molecule has 3 nitrogen and oxygen atoms in total. The Balaban J connectivity index is 2.06. The maximum atomic E-state index is 10.5. The lowest BCUT2D eigenvalue weighted by Crippen LogP contribution is -2.17. The van der Waals surface area contributed by atoms with Gasteiger partial charge in [-0.25, -0.2) is 4.98 Å². The average Bonchev–Trinajstić information content (AvgIpc) is 2.63. The second-order valence-corrected chi connectivity index (χ2v) is 5.18. The van der Waals surface area contributed by atoms with Gasteiger partial charge in [0.25, 0.3) is 0 Å². The maximum Gasteiger partial charge on any atom is 0.137 e. The molecule has 96 valence electrons. The van der Waals surface area contributed by atoms with E-state index in [9.17, 15) is 5.11 Å². The van der Waals surface area contributed by atoms with Crippen LogP contribution in [0.1, 0.15) is 63.8 Å². The van der Waals surface area contributed by atoms with Crippen molar-refractivity contribution in [3.63, 3.8) is 0 Å². The van der Waals surface area contributed by atoms with Crippen LogP contribution in [-0.2, 0) is 6.54 Å². The van der Waals surface area contributed by atoms with E-state index in [4.69, 9.17) is 0 Å². The van der Waals surface area contributed by atoms with Gasteiger partial charge in [-0.2, -0.15) is 0 Å². The number of aliphatic hydroxyl groups is 1. The number of rotatable bonds is 4. The molecule has 1 N–H and O–H groups in total. The van der Waals surface area contributed by atoms with Gasteiger partial charge in [-0.05, 0) is 25.2 Å². The van der Waals surface area contributed by atoms with Crippen molar-refractivity contribution >= 4 is 0 Å². The lowest BCUT2D eigenvalue weighted by molar-refractivity contribution is 0.0868. The highest BCUT2D eigenvalue weighted by Crippen LogP contribution is 2.32. The van der Waals surface area contributed by atoms with Crippen LogP contribution in [0.3, 0.4) is 0 Å². The van der Waals surface area contributed by atoms with Crippen LogP contribution in [0.25, 0.3) is 0 Å². The molecule has 1 saturated carbocycles. The summed E-state index contributed by atoms with van der Waals surface area (Å²) in [5, 5.41) is 10.5. The van der Waals surface area contributed by atoms with Crippen molar-refractivity contribution in [1.82, 2.24) is 9.55 Å². The molecule has 1 atom stereocenters. The summed E-state index contributed by atoms with van der Waals surface area (Å²) in [5.41, 5.74) is 0. The van der Waals surface area contributed by atoms with Gasteiger partial charge in [-0.3, -0.25) is 0 Å². The summed E-state index contributed by atoms with van der Waals surface area (Å²) in [6, 6.07) is 0. The van der Waals surface area contributed by atoms with E-state index < -0.39 is 0 Å². The van der Waals surface area contributed by atoms with E-state index in [0.717, 1.165) is 31.6 Å². The van der Waals surface area contributed by atoms with Gasteiger partial charge in [0.15, 0.2) is 0 Å². The highest BCUT2D eigenvalue weighted by atomic mass is 16.3. The smallest absolute Gasteiger partial charge is 0.137 e. The molecule has 1 fully saturated rings. The van der Waals surface area contributed by atoms with Crippen molar-refractivity contribution in [2.24, 2.45) is 5.92 Å². The molecule has 2 rings (SSSR count). The number of hydrogen-bond acceptors (Lipinski definition) is 2. The molecule has 3 heteroatoms. The number of imidazole rings is 1. The standard InChI is InChI=1S/C14H24N2O/c1-2-10-16-11-9-15-14(16)13(17)12-7-5-3-4-6-8-12/h9,11-13,17H,2-8,10H2,1H3. The van der Waals surface area contributed by atoms with Gasteiger partial charge in [0.1, 0.15) is 11.9 Å². The summed E-state index contributed by atoms with van der Waals surface area (Å²) >= 11 is 0. The SMILES string of the molecule is CCCn1ccnc1C(O)C1CCCCCC1. The molecule has 0 aliphatic heterocycles. The average molecular weight is 236 g/mol. The van der Waals surface area contributed by atoms with Gasteiger partial charge in [-0.1, -0.05) is 32.6 Å². The summed E-state index contributed by atoms with van der Waals surface area (Å²) in [7, 11) is 0. The van der Waals surface area contributed by atoms with Crippen molar-refractivity contribution in [3.8, 4) is 0 Å². The number of hydrogen-bond donors (Lipinski definition) is 1. The van der Waals surface area contributed by atoms with Crippen LogP contribution in [0.5, 0.6) is 0 Å². The summed E-state index contributed by atoms with van der Waals surface area (Å²) in [4.78, 5) is 4.35. The molecule has 1 aromatic rings. The Kier molecular flexibility index (Phi) is 4.60. The van der Waals surface area contributed by atoms with Crippen LogP contribution < -0.4 is 0 Å². The Bertz CT molecular complexity index is 327. The van der Waals surface area contributed by atoms with Crippen LogP contribution in [0.15, 0.2) is 12.4 Å². The summed E-state index contributed by atoms with van der Waals surface area (Å²) in [6.45, 7) is 3.11. The van der Waals surface area contributed by atoms with Crippen molar-refractivity contribution in [1.29, 1.82) is 0 Å². The van der Waals surface area contributed by atoms with E-state index in [-0.39, 0.29) is 6.10 Å². The third-order valence-electron chi connectivity index (χ3n) is 3.82. The summed E-state index contributed by atoms with van der Waals surface area (Å²) < 4.78 is 2.11. The topological polar surface area (TPSA) is 38.0 Å². The number of aryl methyl sites for hydroxylation is 1. The molecule has 17 heavy (non-hydrogen) atoms. The van der Waals surface area contributed by atoms with Crippen LogP contribution in [-0.4, -0.2) is 14.7 Å². The van der Waals surface area contributed by atoms with Gasteiger partial charge in [0.2, 0.25) is 0 Å². The Morgan fingerprint density at radius 3 is 2.71 bits per heavy atom. The zero-order chi connectivity index (χ0) is 12.1. The zero-order valence-electron chi connectivity index (χ0n) is 10.8. The first-order valence-corrected chi connectivity index (χ1v) is 7.02. The van der Waals surface area contributed by atoms with Crippen molar-refractivity contribution in [3.05, 3.63) is 18.2 Å². The first-order valence-electron chi connectivity index (χ1n) is 7.02. The van der Waals surface area contributed by atoms with Crippen molar-refractivity contribution in [2.75, 3.05) is 0 Å². The van der Waals surface area contributed by atoms with Gasteiger partial charge in [0.05, 0.1) is 0 Å². The van der Waals surface area contributed by atoms with Crippen molar-refractivity contribution in [2.45, 2.75) is 64.5 Å². The fourth-order valence-corrected chi connectivity index (χ4v) is 2.85. The molecule has 0 radical (unpaired) electrons. The molecule has 0 spiro atoms. The first kappa shape index (κ1) is 12.6. The van der Waals surface area contributed by atoms with Gasteiger partial charge in [0, 0.05) is 18.9 Å². The Morgan fingerprint density at radius 1 is 1.35 bits per heavy atom. The minimum atomic E-state index is -0.366. The summed E-state index contributed by atoms with van der Waals surface area (Å²) in [5.74, 6) is 1.29. The summed E-state index contributed by atoms with van der Waals surface area (Å²) in [6.07, 6.45) is 12.0. The predicted molar refractivity (Wildman–Crippen MR) is 68.7 cm³/mol. The molecule has 1 aliphatic carbocycles. The van der Waals surface area contributed by atoms with Gasteiger partial charge in [-0.15, -0.1) is 0 Å². The fraction of sp³-hybridized carbons (Fsp3) is 0.786. The number of aliphatic hydroxyl groups excluding tert-OH is 1. The minimum absolute atomic E-state index is 0.366. The van der Waals surface area contributed by atoms with Crippen LogP contribution in [0.4, 0.5) is 0 Å². The van der Waals surface area contributed by atoms with Crippen LogP contribution in [0.2, 0.25) is 0 Å². The Hall–Kier alpha value is -0.830. The van der Waals surface area contributed by atoms with E-state index in [1.807, 2.05) is 12.4 Å². The predicted octanol–water partition coefficient (Wildman–Crippen LogP) is 3.30. The highest BCUT2D eigenvalue weighted by molar-refractivity contribution is 4.98. The largest absolute Gasteiger partial charge is 0.385 e. The first-order chi connectivity index (χ1) is 8.33. The normalized spacial score (nSPS) is 20.1. The second kappa shape index (κ2) is 6.20. The maximum absolute atomic E-state index is 10.5. The molecule has 1 unspecified atom stereocenters. The molecule has 0 aromatic carbocycles. The van der Waals surface area contributed by atoms with Crippen LogP contribution in [0, 0.1) is 5.92 Å². The molecule has 0 amide bonds. The third-order valence-corrected chi connectivity index (χ3v) is 3.82. The monoisotopic (exact) mass is 236 g/mol. The van der Waals surface area contributed by atoms with Crippen molar-refractivity contribution < 1.29 is 5.11 Å². The van der Waals surface area contributed by atoms with Gasteiger partial charge >= 0.3 is 0 Å². The molecular weight excluding hydrogens is 212 g/mol.